The van der Waals surface area contributed by atoms with Crippen molar-refractivity contribution in [3.05, 3.63) is 51.7 Å². The van der Waals surface area contributed by atoms with E-state index in [0.29, 0.717) is 16.1 Å². The molecule has 0 bridgehead atoms. The largest absolute Gasteiger partial charge is 0.454 e. The second kappa shape index (κ2) is 6.56. The fourth-order valence-corrected chi connectivity index (χ4v) is 4.58. The minimum Gasteiger partial charge on any atom is -0.454 e. The molecule has 3 heterocycles. The van der Waals surface area contributed by atoms with E-state index in [0.717, 1.165) is 4.88 Å². The Kier molecular flexibility index (Phi) is 4.30. The zero-order chi connectivity index (χ0) is 20.1. The average Bonchev–Trinajstić information content (AvgIpc) is 3.28. The summed E-state index contributed by atoms with van der Waals surface area (Å²) in [5.41, 5.74) is -0.812. The number of hydrogen-bond acceptors (Lipinski definition) is 6. The molecule has 2 aliphatic rings. The van der Waals surface area contributed by atoms with Gasteiger partial charge in [0.25, 0.3) is 5.91 Å². The lowest BCUT2D eigenvalue weighted by Crippen LogP contribution is -2.67. The molecular weight excluding hydrogens is 380 g/mol. The van der Waals surface area contributed by atoms with E-state index in [2.05, 4.69) is 0 Å². The van der Waals surface area contributed by atoms with Crippen molar-refractivity contribution in [1.82, 2.24) is 4.90 Å². The number of carbonyl (C=O) groups is 4. The van der Waals surface area contributed by atoms with Gasteiger partial charge in [0, 0.05) is 24.8 Å². The monoisotopic (exact) mass is 398 g/mol. The molecule has 144 valence electrons. The molecular formula is C20H18N2O5S. The van der Waals surface area contributed by atoms with Crippen LogP contribution in [0.3, 0.4) is 0 Å². The van der Waals surface area contributed by atoms with Crippen molar-refractivity contribution in [1.29, 1.82) is 0 Å². The highest BCUT2D eigenvalue weighted by atomic mass is 32.1. The van der Waals surface area contributed by atoms with Crippen LogP contribution in [0.5, 0.6) is 0 Å². The first kappa shape index (κ1) is 18.4. The lowest BCUT2D eigenvalue weighted by molar-refractivity contribution is -0.155. The first-order valence-electron chi connectivity index (χ1n) is 8.83. The van der Waals surface area contributed by atoms with Gasteiger partial charge in [-0.1, -0.05) is 12.1 Å². The Hall–Kier alpha value is -3.00. The molecule has 28 heavy (non-hydrogen) atoms. The normalized spacial score (nSPS) is 20.8. The summed E-state index contributed by atoms with van der Waals surface area (Å²) in [4.78, 5) is 54.9. The van der Waals surface area contributed by atoms with Crippen LogP contribution in [0.2, 0.25) is 0 Å². The number of thiophene rings is 1. The second-order valence-electron chi connectivity index (χ2n) is 6.84. The van der Waals surface area contributed by atoms with E-state index in [1.54, 1.807) is 30.3 Å². The number of ketones is 1. The maximum absolute atomic E-state index is 13.1. The zero-order valence-corrected chi connectivity index (χ0v) is 16.2. The average molecular weight is 398 g/mol. The van der Waals surface area contributed by atoms with E-state index in [1.807, 2.05) is 13.0 Å². The summed E-state index contributed by atoms with van der Waals surface area (Å²) in [5.74, 6) is -1.71. The summed E-state index contributed by atoms with van der Waals surface area (Å²) < 4.78 is 5.32. The Morgan fingerprint density at radius 2 is 1.93 bits per heavy atom. The number of anilines is 1. The molecule has 2 aromatic rings. The summed E-state index contributed by atoms with van der Waals surface area (Å²) >= 11 is 1.32. The number of Topliss-reactive ketones (excluding diaryl/α,β-unsaturated/α-hetero) is 1. The van der Waals surface area contributed by atoms with Crippen LogP contribution in [0.15, 0.2) is 36.4 Å². The van der Waals surface area contributed by atoms with Crippen molar-refractivity contribution >= 4 is 40.6 Å². The predicted octanol–water partition coefficient (Wildman–Crippen LogP) is 2.39. The van der Waals surface area contributed by atoms with Gasteiger partial charge in [0.15, 0.2) is 6.61 Å². The summed E-state index contributed by atoms with van der Waals surface area (Å²) in [6.45, 7) is 1.45. The van der Waals surface area contributed by atoms with Crippen LogP contribution in [0.25, 0.3) is 0 Å². The Bertz CT molecular complexity index is 1010. The summed E-state index contributed by atoms with van der Waals surface area (Å²) in [6, 6.07) is 10.2. The molecule has 0 aliphatic carbocycles. The molecule has 1 unspecified atom stereocenters. The first-order valence-corrected chi connectivity index (χ1v) is 9.65. The summed E-state index contributed by atoms with van der Waals surface area (Å²) in [5, 5.41) is 0. The van der Waals surface area contributed by atoms with Gasteiger partial charge >= 0.3 is 5.97 Å². The molecule has 0 saturated carbocycles. The number of aryl methyl sites for hydroxylation is 1. The number of likely N-dealkylation sites (N-methyl/N-ethyl adjacent to an activating group) is 1. The van der Waals surface area contributed by atoms with Crippen molar-refractivity contribution in [2.75, 3.05) is 18.6 Å². The topological polar surface area (TPSA) is 84.0 Å². The number of esters is 1. The summed E-state index contributed by atoms with van der Waals surface area (Å²) in [6.07, 6.45) is 0.229. The zero-order valence-electron chi connectivity index (χ0n) is 15.4. The van der Waals surface area contributed by atoms with Gasteiger partial charge in [0.2, 0.25) is 17.4 Å². The minimum absolute atomic E-state index is 0.110. The van der Waals surface area contributed by atoms with E-state index in [-0.39, 0.29) is 30.4 Å². The third-order valence-corrected chi connectivity index (χ3v) is 6.26. The van der Waals surface area contributed by atoms with Gasteiger partial charge in [0.1, 0.15) is 0 Å². The highest BCUT2D eigenvalue weighted by Crippen LogP contribution is 2.44. The number of carbonyl (C=O) groups excluding carboxylic acids is 4. The van der Waals surface area contributed by atoms with Gasteiger partial charge in [-0.2, -0.15) is 0 Å². The van der Waals surface area contributed by atoms with E-state index >= 15 is 0 Å². The Morgan fingerprint density at radius 3 is 2.64 bits per heavy atom. The Balaban J connectivity index is 1.65. The molecule has 1 fully saturated rings. The number of rotatable bonds is 4. The molecule has 4 rings (SSSR count). The number of amides is 2. The van der Waals surface area contributed by atoms with Crippen molar-refractivity contribution in [3.8, 4) is 0 Å². The fourth-order valence-electron chi connectivity index (χ4n) is 3.79. The molecule has 2 amide bonds. The van der Waals surface area contributed by atoms with Crippen molar-refractivity contribution < 1.29 is 23.9 Å². The predicted molar refractivity (Wildman–Crippen MR) is 102 cm³/mol. The molecule has 2 aliphatic heterocycles. The van der Waals surface area contributed by atoms with Crippen LogP contribution in [-0.2, 0) is 14.3 Å². The summed E-state index contributed by atoms with van der Waals surface area (Å²) in [7, 11) is 1.48. The molecule has 8 heteroatoms. The van der Waals surface area contributed by atoms with Gasteiger partial charge in [-0.25, -0.2) is 4.79 Å². The van der Waals surface area contributed by atoms with Crippen molar-refractivity contribution in [2.24, 2.45) is 0 Å². The Labute approximate surface area is 165 Å². The van der Waals surface area contributed by atoms with Crippen LogP contribution >= 0.6 is 11.3 Å². The van der Waals surface area contributed by atoms with Crippen LogP contribution in [0.1, 0.15) is 37.7 Å². The van der Waals surface area contributed by atoms with Gasteiger partial charge in [0.05, 0.1) is 16.1 Å². The van der Waals surface area contributed by atoms with Gasteiger partial charge in [-0.05, 0) is 31.2 Å². The maximum atomic E-state index is 13.1. The van der Waals surface area contributed by atoms with E-state index in [1.165, 1.54) is 28.2 Å². The van der Waals surface area contributed by atoms with E-state index < -0.39 is 18.2 Å². The molecule has 0 N–H and O–H groups in total. The third-order valence-electron chi connectivity index (χ3n) is 5.22. The minimum atomic E-state index is -1.56. The second-order valence-corrected chi connectivity index (χ2v) is 8.12. The number of para-hydroxylation sites is 1. The third kappa shape index (κ3) is 2.56. The maximum Gasteiger partial charge on any atom is 0.354 e. The number of ether oxygens (including phenoxy) is 1. The number of nitrogens with zero attached hydrogens (tertiary/aromatic N) is 2. The van der Waals surface area contributed by atoms with Gasteiger partial charge in [-0.15, -0.1) is 11.3 Å². The number of hydrogen-bond donors (Lipinski definition) is 0. The standard InChI is InChI=1S/C20H18N2O5S/c1-12-7-8-16(28-12)15(23)11-27-19(26)20-10-9-17(24)22(20)14-6-4-3-5-13(14)18(25)21(20)2/h3-8H,9-11H2,1-2H3. The van der Waals surface area contributed by atoms with Gasteiger partial charge in [-0.3, -0.25) is 19.3 Å². The first-order chi connectivity index (χ1) is 13.4. The fraction of sp³-hybridized carbons (Fsp3) is 0.300. The molecule has 0 spiro atoms. The van der Waals surface area contributed by atoms with Crippen LogP contribution in [0, 0.1) is 6.92 Å². The lowest BCUT2D eigenvalue weighted by Gasteiger charge is -2.46. The van der Waals surface area contributed by atoms with E-state index in [9.17, 15) is 19.2 Å². The lowest BCUT2D eigenvalue weighted by atomic mass is 9.97. The molecule has 1 saturated heterocycles. The molecule has 0 radical (unpaired) electrons. The molecule has 1 aromatic carbocycles. The molecule has 1 aromatic heterocycles. The van der Waals surface area contributed by atoms with Crippen molar-refractivity contribution in [3.63, 3.8) is 0 Å². The molecule has 1 atom stereocenters. The SMILES string of the molecule is Cc1ccc(C(=O)COC(=O)C23CCC(=O)N2c2ccccc2C(=O)N3C)s1. The van der Waals surface area contributed by atoms with Gasteiger partial charge < -0.3 is 9.64 Å². The highest BCUT2D eigenvalue weighted by Gasteiger charge is 2.60. The number of fused-ring (bicyclic) bond motifs is 3. The Morgan fingerprint density at radius 1 is 1.18 bits per heavy atom. The smallest absolute Gasteiger partial charge is 0.354 e. The van der Waals surface area contributed by atoms with E-state index in [4.69, 9.17) is 4.74 Å². The highest BCUT2D eigenvalue weighted by molar-refractivity contribution is 7.14. The van der Waals surface area contributed by atoms with Crippen LogP contribution in [0.4, 0.5) is 5.69 Å². The molecule has 7 nitrogen and oxygen atoms in total. The van der Waals surface area contributed by atoms with Crippen LogP contribution in [-0.4, -0.2) is 47.8 Å². The van der Waals surface area contributed by atoms with Crippen LogP contribution < -0.4 is 4.90 Å². The van der Waals surface area contributed by atoms with Crippen molar-refractivity contribution in [2.45, 2.75) is 25.4 Å². The quantitative estimate of drug-likeness (QED) is 0.583. The number of benzene rings is 1.